The lowest BCUT2D eigenvalue weighted by Crippen LogP contribution is -2.07. The second-order valence-electron chi connectivity index (χ2n) is 5.04. The van der Waals surface area contributed by atoms with E-state index in [4.69, 9.17) is 4.74 Å². The molecule has 116 valence electrons. The zero-order valence-corrected chi connectivity index (χ0v) is 14.8. The maximum Gasteiger partial charge on any atom is 0.316 e. The van der Waals surface area contributed by atoms with E-state index in [0.29, 0.717) is 12.4 Å². The zero-order valence-electron chi connectivity index (χ0n) is 12.4. The van der Waals surface area contributed by atoms with Crippen LogP contribution in [0.3, 0.4) is 0 Å². The van der Waals surface area contributed by atoms with Crippen molar-refractivity contribution >= 4 is 44.4 Å². The first kappa shape index (κ1) is 16.1. The molecule has 0 saturated carbocycles. The van der Waals surface area contributed by atoms with Gasteiger partial charge in [-0.1, -0.05) is 58.4 Å². The Bertz CT molecular complexity index is 810. The lowest BCUT2D eigenvalue weighted by molar-refractivity contribution is -0.141. The zero-order chi connectivity index (χ0) is 16.1. The van der Waals surface area contributed by atoms with Crippen molar-refractivity contribution in [3.05, 3.63) is 76.8 Å². The van der Waals surface area contributed by atoms with Gasteiger partial charge >= 0.3 is 5.97 Å². The molecule has 0 saturated heterocycles. The third kappa shape index (κ3) is 4.36. The van der Waals surface area contributed by atoms with Gasteiger partial charge in [-0.05, 0) is 40.6 Å². The van der Waals surface area contributed by atoms with Gasteiger partial charge in [-0.25, -0.2) is 0 Å². The maximum absolute atomic E-state index is 11.9. The molecule has 3 aromatic rings. The molecule has 2 nitrogen and oxygen atoms in total. The summed E-state index contributed by atoms with van der Waals surface area (Å²) in [6.45, 7) is 0.307. The van der Waals surface area contributed by atoms with Crippen LogP contribution in [0.2, 0.25) is 0 Å². The van der Waals surface area contributed by atoms with Gasteiger partial charge in [0, 0.05) is 9.37 Å². The minimum Gasteiger partial charge on any atom is -0.460 e. The molecule has 0 heterocycles. The van der Waals surface area contributed by atoms with Crippen molar-refractivity contribution in [1.29, 1.82) is 0 Å². The number of fused-ring (bicyclic) bond motifs is 1. The molecule has 3 aromatic carbocycles. The Kier molecular flexibility index (Phi) is 5.36. The van der Waals surface area contributed by atoms with Gasteiger partial charge in [0.2, 0.25) is 0 Å². The van der Waals surface area contributed by atoms with E-state index in [1.165, 1.54) is 11.8 Å². The third-order valence-corrected chi connectivity index (χ3v) is 4.95. The largest absolute Gasteiger partial charge is 0.460 e. The van der Waals surface area contributed by atoms with Gasteiger partial charge < -0.3 is 4.74 Å². The van der Waals surface area contributed by atoms with E-state index < -0.39 is 0 Å². The van der Waals surface area contributed by atoms with Crippen molar-refractivity contribution in [3.8, 4) is 0 Å². The molecular weight excluding hydrogens is 372 g/mol. The number of carbonyl (C=O) groups is 1. The van der Waals surface area contributed by atoms with Gasteiger partial charge in [0.1, 0.15) is 6.61 Å². The average molecular weight is 387 g/mol. The van der Waals surface area contributed by atoms with Crippen molar-refractivity contribution in [2.45, 2.75) is 11.5 Å². The molecule has 3 rings (SSSR count). The molecule has 0 aliphatic rings. The molecule has 0 aromatic heterocycles. The molecule has 0 atom stereocenters. The highest BCUT2D eigenvalue weighted by Gasteiger charge is 2.07. The van der Waals surface area contributed by atoms with E-state index in [2.05, 4.69) is 34.1 Å². The number of ether oxygens (including phenoxy) is 1. The van der Waals surface area contributed by atoms with Gasteiger partial charge in [0.05, 0.1) is 5.75 Å². The monoisotopic (exact) mass is 386 g/mol. The summed E-state index contributed by atoms with van der Waals surface area (Å²) in [7, 11) is 0. The smallest absolute Gasteiger partial charge is 0.316 e. The van der Waals surface area contributed by atoms with Crippen molar-refractivity contribution in [3.63, 3.8) is 0 Å². The molecule has 0 aliphatic heterocycles. The topological polar surface area (TPSA) is 26.3 Å². The number of halogens is 1. The van der Waals surface area contributed by atoms with Crippen LogP contribution in [-0.4, -0.2) is 11.7 Å². The van der Waals surface area contributed by atoms with Gasteiger partial charge in [0.25, 0.3) is 0 Å². The van der Waals surface area contributed by atoms with Crippen LogP contribution in [0, 0.1) is 0 Å². The minimum atomic E-state index is -0.203. The maximum atomic E-state index is 11.9. The molecule has 0 fully saturated rings. The summed E-state index contributed by atoms with van der Waals surface area (Å²) in [4.78, 5) is 13.0. The summed E-state index contributed by atoms with van der Waals surface area (Å²) in [5.74, 6) is 0.109. The normalized spacial score (nSPS) is 10.7. The van der Waals surface area contributed by atoms with Crippen molar-refractivity contribution < 1.29 is 9.53 Å². The van der Waals surface area contributed by atoms with Crippen LogP contribution >= 0.6 is 27.7 Å². The molecular formula is C19H15BrO2S. The van der Waals surface area contributed by atoms with Crippen LogP contribution in [0.5, 0.6) is 0 Å². The standard InChI is InChI=1S/C19H15BrO2S/c20-16-8-10-17(11-9-16)23-13-19(21)22-12-15-6-3-5-14-4-1-2-7-18(14)15/h1-11H,12-13H2. The minimum absolute atomic E-state index is 0.203. The van der Waals surface area contributed by atoms with Crippen LogP contribution in [0.1, 0.15) is 5.56 Å². The number of carbonyl (C=O) groups excluding carboxylic acids is 1. The molecule has 0 spiro atoms. The SMILES string of the molecule is O=C(CSc1ccc(Br)cc1)OCc1cccc2ccccc12. The van der Waals surface area contributed by atoms with E-state index >= 15 is 0 Å². The lowest BCUT2D eigenvalue weighted by atomic mass is 10.1. The summed E-state index contributed by atoms with van der Waals surface area (Å²) in [5, 5.41) is 2.29. The number of benzene rings is 3. The highest BCUT2D eigenvalue weighted by Crippen LogP contribution is 2.22. The molecule has 0 amide bonds. The van der Waals surface area contributed by atoms with E-state index in [-0.39, 0.29) is 5.97 Å². The van der Waals surface area contributed by atoms with Gasteiger partial charge in [-0.15, -0.1) is 11.8 Å². The quantitative estimate of drug-likeness (QED) is 0.431. The van der Waals surface area contributed by atoms with E-state index in [0.717, 1.165) is 25.7 Å². The van der Waals surface area contributed by atoms with Crippen LogP contribution in [-0.2, 0) is 16.1 Å². The predicted octanol–water partition coefficient (Wildman–Crippen LogP) is 5.44. The average Bonchev–Trinajstić information content (AvgIpc) is 2.59. The fourth-order valence-corrected chi connectivity index (χ4v) is 3.25. The molecule has 0 aliphatic carbocycles. The first-order valence-electron chi connectivity index (χ1n) is 7.23. The second kappa shape index (κ2) is 7.66. The summed E-state index contributed by atoms with van der Waals surface area (Å²) < 4.78 is 6.44. The predicted molar refractivity (Wildman–Crippen MR) is 98.6 cm³/mol. The second-order valence-corrected chi connectivity index (χ2v) is 7.01. The Morgan fingerprint density at radius 1 is 0.957 bits per heavy atom. The number of hydrogen-bond donors (Lipinski definition) is 0. The Labute approximate surface area is 148 Å². The molecule has 23 heavy (non-hydrogen) atoms. The van der Waals surface area contributed by atoms with Gasteiger partial charge in [-0.3, -0.25) is 4.79 Å². The van der Waals surface area contributed by atoms with Gasteiger partial charge in [0.15, 0.2) is 0 Å². The van der Waals surface area contributed by atoms with Crippen LogP contribution in [0.4, 0.5) is 0 Å². The Hall–Kier alpha value is -1.78. The molecule has 4 heteroatoms. The van der Waals surface area contributed by atoms with E-state index in [1.54, 1.807) is 0 Å². The summed E-state index contributed by atoms with van der Waals surface area (Å²) in [6, 6.07) is 22.0. The van der Waals surface area contributed by atoms with E-state index in [1.807, 2.05) is 48.5 Å². The number of esters is 1. The fourth-order valence-electron chi connectivity index (χ4n) is 2.29. The fraction of sp³-hybridized carbons (Fsp3) is 0.105. The number of rotatable bonds is 5. The van der Waals surface area contributed by atoms with Crippen molar-refractivity contribution in [2.75, 3.05) is 5.75 Å². The Morgan fingerprint density at radius 2 is 1.70 bits per heavy atom. The summed E-state index contributed by atoms with van der Waals surface area (Å²) >= 11 is 4.88. The highest BCUT2D eigenvalue weighted by atomic mass is 79.9. The molecule has 0 bridgehead atoms. The molecule has 0 N–H and O–H groups in total. The Balaban J connectivity index is 1.57. The summed E-state index contributed by atoms with van der Waals surface area (Å²) in [5.41, 5.74) is 1.03. The third-order valence-electron chi connectivity index (χ3n) is 3.44. The van der Waals surface area contributed by atoms with Crippen LogP contribution in [0.25, 0.3) is 10.8 Å². The van der Waals surface area contributed by atoms with E-state index in [9.17, 15) is 4.79 Å². The lowest BCUT2D eigenvalue weighted by Gasteiger charge is -2.08. The molecule has 0 radical (unpaired) electrons. The van der Waals surface area contributed by atoms with Crippen LogP contribution in [0.15, 0.2) is 76.1 Å². The first-order chi connectivity index (χ1) is 11.2. The van der Waals surface area contributed by atoms with Crippen molar-refractivity contribution in [2.24, 2.45) is 0 Å². The number of hydrogen-bond acceptors (Lipinski definition) is 3. The Morgan fingerprint density at radius 3 is 2.52 bits per heavy atom. The molecule has 0 unspecified atom stereocenters. The highest BCUT2D eigenvalue weighted by molar-refractivity contribution is 9.10. The van der Waals surface area contributed by atoms with Crippen molar-refractivity contribution in [1.82, 2.24) is 0 Å². The first-order valence-corrected chi connectivity index (χ1v) is 9.01. The van der Waals surface area contributed by atoms with Gasteiger partial charge in [-0.2, -0.15) is 0 Å². The number of thioether (sulfide) groups is 1. The summed E-state index contributed by atoms with van der Waals surface area (Å²) in [6.07, 6.45) is 0. The van der Waals surface area contributed by atoms with Crippen LogP contribution < -0.4 is 0 Å².